The highest BCUT2D eigenvalue weighted by Gasteiger charge is 2.46. The summed E-state index contributed by atoms with van der Waals surface area (Å²) in [7, 11) is 0. The van der Waals surface area contributed by atoms with Crippen LogP contribution in [-0.2, 0) is 4.74 Å². The Morgan fingerprint density at radius 1 is 1.75 bits per heavy atom. The van der Waals surface area contributed by atoms with Crippen LogP contribution >= 0.6 is 11.6 Å². The van der Waals surface area contributed by atoms with Gasteiger partial charge in [0.25, 0.3) is 0 Å². The van der Waals surface area contributed by atoms with Crippen LogP contribution in [0.3, 0.4) is 0 Å². The van der Waals surface area contributed by atoms with Gasteiger partial charge >= 0.3 is 6.09 Å². The standard InChI is InChI=1S/C8H12ClNO2/c1-5-2-6-7(3-9)12-8(11)10(6)4-5/h5-7H,2-4H2,1H3/t5-,6-,7-/m1/s1. The number of nitrogens with zero attached hydrogens (tertiary/aromatic N) is 1. The van der Waals surface area contributed by atoms with Crippen molar-refractivity contribution in [1.29, 1.82) is 0 Å². The van der Waals surface area contributed by atoms with Crippen LogP contribution in [0.15, 0.2) is 0 Å². The second-order valence-corrected chi connectivity index (χ2v) is 3.95. The normalized spacial score (nSPS) is 40.0. The molecule has 12 heavy (non-hydrogen) atoms. The molecule has 2 aliphatic rings. The summed E-state index contributed by atoms with van der Waals surface area (Å²) in [4.78, 5) is 13.0. The summed E-state index contributed by atoms with van der Waals surface area (Å²) in [6.45, 7) is 2.98. The minimum atomic E-state index is -0.185. The van der Waals surface area contributed by atoms with E-state index in [4.69, 9.17) is 16.3 Å². The summed E-state index contributed by atoms with van der Waals surface area (Å²) < 4.78 is 5.08. The molecular weight excluding hydrogens is 178 g/mol. The van der Waals surface area contributed by atoms with E-state index in [0.29, 0.717) is 11.8 Å². The number of carbonyl (C=O) groups excluding carboxylic acids is 1. The Balaban J connectivity index is 2.13. The van der Waals surface area contributed by atoms with Crippen LogP contribution in [0, 0.1) is 5.92 Å². The SMILES string of the molecule is C[C@@H]1C[C@@H]2[C@@H](CCl)OC(=O)N2C1. The van der Waals surface area contributed by atoms with Crippen molar-refractivity contribution in [3.8, 4) is 0 Å². The summed E-state index contributed by atoms with van der Waals surface area (Å²) in [5.41, 5.74) is 0. The van der Waals surface area contributed by atoms with E-state index in [0.717, 1.165) is 13.0 Å². The maximum Gasteiger partial charge on any atom is 0.410 e. The highest BCUT2D eigenvalue weighted by molar-refractivity contribution is 6.18. The first kappa shape index (κ1) is 8.17. The van der Waals surface area contributed by atoms with Gasteiger partial charge in [0, 0.05) is 6.54 Å². The van der Waals surface area contributed by atoms with Gasteiger partial charge in [0.05, 0.1) is 11.9 Å². The lowest BCUT2D eigenvalue weighted by molar-refractivity contribution is 0.133. The molecule has 2 heterocycles. The molecule has 68 valence electrons. The van der Waals surface area contributed by atoms with E-state index in [9.17, 15) is 4.79 Å². The Hall–Kier alpha value is -0.440. The number of cyclic esters (lactones) is 1. The molecule has 3 nitrogen and oxygen atoms in total. The third-order valence-electron chi connectivity index (χ3n) is 2.62. The van der Waals surface area contributed by atoms with Gasteiger partial charge in [-0.2, -0.15) is 0 Å². The Morgan fingerprint density at radius 3 is 3.17 bits per heavy atom. The van der Waals surface area contributed by atoms with E-state index in [1.54, 1.807) is 4.90 Å². The van der Waals surface area contributed by atoms with Gasteiger partial charge in [-0.15, -0.1) is 11.6 Å². The summed E-state index contributed by atoms with van der Waals surface area (Å²) in [5, 5.41) is 0. The molecule has 0 aliphatic carbocycles. The number of ether oxygens (including phenoxy) is 1. The molecule has 2 fully saturated rings. The third kappa shape index (κ3) is 1.07. The van der Waals surface area contributed by atoms with Crippen molar-refractivity contribution >= 4 is 17.7 Å². The molecule has 0 unspecified atom stereocenters. The fraction of sp³-hybridized carbons (Fsp3) is 0.875. The van der Waals surface area contributed by atoms with Crippen LogP contribution in [0.25, 0.3) is 0 Å². The maximum absolute atomic E-state index is 11.2. The molecule has 2 saturated heterocycles. The molecule has 3 atom stereocenters. The molecule has 0 radical (unpaired) electrons. The molecule has 2 aliphatic heterocycles. The summed E-state index contributed by atoms with van der Waals surface area (Å²) in [6, 6.07) is 0.241. The number of amides is 1. The predicted octanol–water partition coefficient (Wildman–Crippen LogP) is 1.45. The smallest absolute Gasteiger partial charge is 0.410 e. The second kappa shape index (κ2) is 2.80. The van der Waals surface area contributed by atoms with Crippen molar-refractivity contribution in [1.82, 2.24) is 4.90 Å². The van der Waals surface area contributed by atoms with Crippen molar-refractivity contribution < 1.29 is 9.53 Å². The molecule has 0 saturated carbocycles. The van der Waals surface area contributed by atoms with Gasteiger partial charge in [-0.05, 0) is 12.3 Å². The lowest BCUT2D eigenvalue weighted by atomic mass is 10.1. The van der Waals surface area contributed by atoms with Crippen LogP contribution in [0.1, 0.15) is 13.3 Å². The quantitative estimate of drug-likeness (QED) is 0.585. The summed E-state index contributed by atoms with van der Waals surface area (Å²) in [6.07, 6.45) is 0.766. The van der Waals surface area contributed by atoms with Crippen molar-refractivity contribution in [3.63, 3.8) is 0 Å². The first-order valence-corrected chi connectivity index (χ1v) is 4.79. The molecule has 4 heteroatoms. The number of hydrogen-bond acceptors (Lipinski definition) is 2. The molecule has 0 aromatic carbocycles. The molecule has 0 aromatic heterocycles. The fourth-order valence-corrected chi connectivity index (χ4v) is 2.33. The average molecular weight is 190 g/mol. The van der Waals surface area contributed by atoms with Crippen molar-refractivity contribution in [2.24, 2.45) is 5.92 Å². The number of carbonyl (C=O) groups is 1. The van der Waals surface area contributed by atoms with Crippen molar-refractivity contribution in [2.75, 3.05) is 12.4 Å². The molecule has 0 bridgehead atoms. The molecular formula is C8H12ClNO2. The lowest BCUT2D eigenvalue weighted by Crippen LogP contribution is -2.31. The molecule has 1 amide bonds. The van der Waals surface area contributed by atoms with E-state index >= 15 is 0 Å². The Kier molecular flexibility index (Phi) is 1.91. The van der Waals surface area contributed by atoms with E-state index < -0.39 is 0 Å². The van der Waals surface area contributed by atoms with E-state index in [2.05, 4.69) is 6.92 Å². The monoisotopic (exact) mass is 189 g/mol. The van der Waals surface area contributed by atoms with E-state index in [-0.39, 0.29) is 18.2 Å². The minimum absolute atomic E-state index is 0.0795. The molecule has 2 rings (SSSR count). The van der Waals surface area contributed by atoms with Gasteiger partial charge in [0.15, 0.2) is 0 Å². The van der Waals surface area contributed by atoms with Gasteiger partial charge < -0.3 is 9.64 Å². The van der Waals surface area contributed by atoms with Gasteiger partial charge in [-0.1, -0.05) is 6.92 Å². The van der Waals surface area contributed by atoms with Gasteiger partial charge in [-0.3, -0.25) is 0 Å². The molecule has 0 spiro atoms. The van der Waals surface area contributed by atoms with Crippen LogP contribution < -0.4 is 0 Å². The van der Waals surface area contributed by atoms with Crippen molar-refractivity contribution in [2.45, 2.75) is 25.5 Å². The Labute approximate surface area is 76.6 Å². The number of fused-ring (bicyclic) bond motifs is 1. The largest absolute Gasteiger partial charge is 0.443 e. The zero-order valence-corrected chi connectivity index (χ0v) is 7.75. The van der Waals surface area contributed by atoms with Gasteiger partial charge in [-0.25, -0.2) is 4.79 Å². The topological polar surface area (TPSA) is 29.5 Å². The Bertz CT molecular complexity index is 209. The summed E-state index contributed by atoms with van der Waals surface area (Å²) in [5.74, 6) is 1.01. The number of halogens is 1. The van der Waals surface area contributed by atoms with Crippen LogP contribution in [-0.4, -0.2) is 35.6 Å². The number of rotatable bonds is 1. The zero-order valence-electron chi connectivity index (χ0n) is 7.00. The van der Waals surface area contributed by atoms with Crippen LogP contribution in [0.2, 0.25) is 0 Å². The average Bonchev–Trinajstić information content (AvgIpc) is 2.52. The predicted molar refractivity (Wildman–Crippen MR) is 45.3 cm³/mol. The third-order valence-corrected chi connectivity index (χ3v) is 2.92. The number of alkyl halides is 1. The second-order valence-electron chi connectivity index (χ2n) is 3.64. The first-order valence-electron chi connectivity index (χ1n) is 4.25. The number of hydrogen-bond donors (Lipinski definition) is 0. The van der Waals surface area contributed by atoms with Crippen LogP contribution in [0.5, 0.6) is 0 Å². The molecule has 0 aromatic rings. The summed E-state index contributed by atoms with van der Waals surface area (Å²) >= 11 is 5.68. The fourth-order valence-electron chi connectivity index (χ4n) is 2.06. The first-order chi connectivity index (χ1) is 5.72. The van der Waals surface area contributed by atoms with E-state index in [1.807, 2.05) is 0 Å². The van der Waals surface area contributed by atoms with Crippen LogP contribution in [0.4, 0.5) is 4.79 Å². The molecule has 0 N–H and O–H groups in total. The van der Waals surface area contributed by atoms with Gasteiger partial charge in [0.2, 0.25) is 0 Å². The zero-order chi connectivity index (χ0) is 8.72. The highest BCUT2D eigenvalue weighted by Crippen LogP contribution is 2.32. The van der Waals surface area contributed by atoms with Gasteiger partial charge in [0.1, 0.15) is 6.10 Å². The Morgan fingerprint density at radius 2 is 2.50 bits per heavy atom. The maximum atomic E-state index is 11.2. The lowest BCUT2D eigenvalue weighted by Gasteiger charge is -2.12. The minimum Gasteiger partial charge on any atom is -0.443 e. The van der Waals surface area contributed by atoms with E-state index in [1.165, 1.54) is 0 Å². The van der Waals surface area contributed by atoms with Crippen molar-refractivity contribution in [3.05, 3.63) is 0 Å². The highest BCUT2D eigenvalue weighted by atomic mass is 35.5.